The van der Waals surface area contributed by atoms with Crippen molar-refractivity contribution < 1.29 is 14.3 Å². The van der Waals surface area contributed by atoms with Crippen LogP contribution in [-0.4, -0.2) is 21.0 Å². The highest BCUT2D eigenvalue weighted by Crippen LogP contribution is 2.21. The Kier molecular flexibility index (Phi) is 2.21. The average molecular weight is 204 g/mol. The molecule has 0 spiro atoms. The van der Waals surface area contributed by atoms with Gasteiger partial charge in [-0.1, -0.05) is 0 Å². The molecule has 76 valence electrons. The fourth-order valence-corrected chi connectivity index (χ4v) is 1.27. The van der Waals surface area contributed by atoms with Gasteiger partial charge in [0.2, 0.25) is 0 Å². The van der Waals surface area contributed by atoms with Gasteiger partial charge >= 0.3 is 5.97 Å². The summed E-state index contributed by atoms with van der Waals surface area (Å²) in [4.78, 5) is 18.6. The van der Waals surface area contributed by atoms with Gasteiger partial charge in [-0.3, -0.25) is 4.98 Å². The molecule has 1 N–H and O–H groups in total. The number of aromatic carboxylic acids is 1. The van der Waals surface area contributed by atoms with Crippen molar-refractivity contribution in [2.24, 2.45) is 0 Å². The van der Waals surface area contributed by atoms with E-state index in [2.05, 4.69) is 9.97 Å². The lowest BCUT2D eigenvalue weighted by molar-refractivity contribution is 0.0691. The van der Waals surface area contributed by atoms with Crippen LogP contribution in [0.25, 0.3) is 11.3 Å². The van der Waals surface area contributed by atoms with Crippen LogP contribution >= 0.6 is 0 Å². The molecule has 0 atom stereocenters. The van der Waals surface area contributed by atoms with Crippen molar-refractivity contribution in [1.82, 2.24) is 9.97 Å². The molecule has 2 aromatic rings. The molecule has 0 aliphatic carbocycles. The Morgan fingerprint density at radius 2 is 2.13 bits per heavy atom. The molecule has 0 saturated heterocycles. The Bertz CT molecular complexity index is 505. The molecule has 0 aliphatic rings. The minimum Gasteiger partial charge on any atom is -0.476 e. The van der Waals surface area contributed by atoms with Crippen molar-refractivity contribution in [1.29, 1.82) is 0 Å². The van der Waals surface area contributed by atoms with E-state index in [9.17, 15) is 4.79 Å². The molecular weight excluding hydrogens is 196 g/mol. The van der Waals surface area contributed by atoms with E-state index in [1.165, 1.54) is 18.7 Å². The van der Waals surface area contributed by atoms with Crippen molar-refractivity contribution in [3.63, 3.8) is 0 Å². The third-order valence-electron chi connectivity index (χ3n) is 1.90. The van der Waals surface area contributed by atoms with E-state index >= 15 is 0 Å². The third kappa shape index (κ3) is 1.71. The lowest BCUT2D eigenvalue weighted by Gasteiger charge is -1.99. The summed E-state index contributed by atoms with van der Waals surface area (Å²) in [5.41, 5.74) is 0.873. The van der Waals surface area contributed by atoms with Crippen LogP contribution < -0.4 is 0 Å². The normalized spacial score (nSPS) is 10.2. The highest BCUT2D eigenvalue weighted by atomic mass is 16.4. The highest BCUT2D eigenvalue weighted by Gasteiger charge is 2.15. The fraction of sp³-hybridized carbons (Fsp3) is 0.100. The lowest BCUT2D eigenvalue weighted by atomic mass is 10.2. The van der Waals surface area contributed by atoms with Gasteiger partial charge in [0.15, 0.2) is 5.69 Å². The first-order valence-corrected chi connectivity index (χ1v) is 4.28. The molecule has 0 amide bonds. The second kappa shape index (κ2) is 3.53. The number of nitrogens with zero attached hydrogens (tertiary/aromatic N) is 2. The minimum absolute atomic E-state index is 0.0710. The minimum atomic E-state index is -1.10. The Labute approximate surface area is 85.4 Å². The van der Waals surface area contributed by atoms with Gasteiger partial charge in [-0.25, -0.2) is 9.78 Å². The predicted octanol–water partition coefficient (Wildman–Crippen LogP) is 1.74. The summed E-state index contributed by atoms with van der Waals surface area (Å²) in [5, 5.41) is 8.90. The van der Waals surface area contributed by atoms with Gasteiger partial charge in [-0.15, -0.1) is 0 Å². The maximum Gasteiger partial charge on any atom is 0.356 e. The van der Waals surface area contributed by atoms with Gasteiger partial charge in [0.05, 0.1) is 0 Å². The molecule has 0 fully saturated rings. The van der Waals surface area contributed by atoms with Gasteiger partial charge in [0.1, 0.15) is 17.7 Å². The lowest BCUT2D eigenvalue weighted by Crippen LogP contribution is -2.03. The number of hydrogen-bond acceptors (Lipinski definition) is 4. The van der Waals surface area contributed by atoms with E-state index in [0.717, 1.165) is 0 Å². The number of aryl methyl sites for hydroxylation is 1. The summed E-state index contributed by atoms with van der Waals surface area (Å²) in [6.07, 6.45) is 4.26. The summed E-state index contributed by atoms with van der Waals surface area (Å²) < 4.78 is 5.09. The zero-order valence-electron chi connectivity index (χ0n) is 7.97. The number of rotatable bonds is 2. The molecule has 2 heterocycles. The Hall–Kier alpha value is -2.17. The molecule has 2 aromatic heterocycles. The first-order valence-electron chi connectivity index (χ1n) is 4.28. The number of carboxylic acid groups (broad SMARTS) is 1. The maximum atomic E-state index is 10.9. The number of furan rings is 1. The number of carboxylic acids is 1. The number of carbonyl (C=O) groups is 1. The van der Waals surface area contributed by atoms with Crippen LogP contribution in [0.15, 0.2) is 29.1 Å². The van der Waals surface area contributed by atoms with Crippen molar-refractivity contribution in [3.8, 4) is 11.3 Å². The second-order valence-corrected chi connectivity index (χ2v) is 3.00. The molecule has 5 nitrogen and oxygen atoms in total. The van der Waals surface area contributed by atoms with Gasteiger partial charge < -0.3 is 9.52 Å². The molecule has 0 radical (unpaired) electrons. The monoisotopic (exact) mass is 204 g/mol. The molecule has 2 rings (SSSR count). The molecule has 15 heavy (non-hydrogen) atoms. The van der Waals surface area contributed by atoms with Crippen LogP contribution in [0.5, 0.6) is 0 Å². The highest BCUT2D eigenvalue weighted by molar-refractivity contribution is 5.92. The topological polar surface area (TPSA) is 76.2 Å². The largest absolute Gasteiger partial charge is 0.476 e. The first-order chi connectivity index (χ1) is 7.18. The molecular formula is C10H8N2O3. The van der Waals surface area contributed by atoms with E-state index in [1.807, 2.05) is 0 Å². The fourth-order valence-electron chi connectivity index (χ4n) is 1.27. The van der Waals surface area contributed by atoms with E-state index in [0.29, 0.717) is 17.0 Å². The summed E-state index contributed by atoms with van der Waals surface area (Å²) in [5.74, 6) is -0.399. The zero-order chi connectivity index (χ0) is 10.8. The van der Waals surface area contributed by atoms with Gasteiger partial charge in [-0.05, 0) is 13.0 Å². The van der Waals surface area contributed by atoms with Crippen LogP contribution in [0.3, 0.4) is 0 Å². The number of hydrogen-bond donors (Lipinski definition) is 1. The Morgan fingerprint density at radius 3 is 2.73 bits per heavy atom. The summed E-state index contributed by atoms with van der Waals surface area (Å²) in [6.45, 7) is 1.78. The Morgan fingerprint density at radius 1 is 1.40 bits per heavy atom. The van der Waals surface area contributed by atoms with Crippen LogP contribution in [0.4, 0.5) is 0 Å². The molecule has 5 heteroatoms. The summed E-state index contributed by atoms with van der Waals surface area (Å²) in [7, 11) is 0. The van der Waals surface area contributed by atoms with Crippen LogP contribution in [0, 0.1) is 6.92 Å². The molecule has 0 aliphatic heterocycles. The van der Waals surface area contributed by atoms with E-state index in [4.69, 9.17) is 9.52 Å². The summed E-state index contributed by atoms with van der Waals surface area (Å²) in [6, 6.07) is 1.72. The maximum absolute atomic E-state index is 10.9. The second-order valence-electron chi connectivity index (χ2n) is 3.00. The quantitative estimate of drug-likeness (QED) is 0.806. The third-order valence-corrected chi connectivity index (χ3v) is 1.90. The smallest absolute Gasteiger partial charge is 0.356 e. The van der Waals surface area contributed by atoms with Crippen molar-refractivity contribution in [2.45, 2.75) is 6.92 Å². The number of aromatic nitrogens is 2. The SMILES string of the molecule is Cc1cc(-c2nccnc2C(=O)O)co1. The van der Waals surface area contributed by atoms with Crippen LogP contribution in [-0.2, 0) is 0 Å². The average Bonchev–Trinajstić information content (AvgIpc) is 2.65. The van der Waals surface area contributed by atoms with Crippen molar-refractivity contribution in [3.05, 3.63) is 36.2 Å². The molecule has 0 aromatic carbocycles. The van der Waals surface area contributed by atoms with Crippen LogP contribution in [0.2, 0.25) is 0 Å². The Balaban J connectivity index is 2.57. The van der Waals surface area contributed by atoms with Gasteiger partial charge in [-0.2, -0.15) is 0 Å². The van der Waals surface area contributed by atoms with Crippen LogP contribution in [0.1, 0.15) is 16.2 Å². The van der Waals surface area contributed by atoms with Gasteiger partial charge in [0, 0.05) is 18.0 Å². The standard InChI is InChI=1S/C10H8N2O3/c1-6-4-7(5-15-6)8-9(10(13)14)12-3-2-11-8/h2-5H,1H3,(H,13,14). The van der Waals surface area contributed by atoms with E-state index < -0.39 is 5.97 Å². The zero-order valence-corrected chi connectivity index (χ0v) is 7.97. The van der Waals surface area contributed by atoms with Crippen molar-refractivity contribution in [2.75, 3.05) is 0 Å². The van der Waals surface area contributed by atoms with E-state index in [1.54, 1.807) is 13.0 Å². The summed E-state index contributed by atoms with van der Waals surface area (Å²) >= 11 is 0. The molecule has 0 unspecified atom stereocenters. The van der Waals surface area contributed by atoms with E-state index in [-0.39, 0.29) is 5.69 Å². The van der Waals surface area contributed by atoms with Crippen molar-refractivity contribution >= 4 is 5.97 Å². The van der Waals surface area contributed by atoms with Gasteiger partial charge in [0.25, 0.3) is 0 Å². The molecule has 0 bridgehead atoms. The first kappa shape index (κ1) is 9.39. The predicted molar refractivity (Wildman–Crippen MR) is 51.4 cm³/mol. The molecule has 0 saturated carbocycles.